The van der Waals surface area contributed by atoms with Gasteiger partial charge in [0.1, 0.15) is 5.69 Å². The molecule has 3 heterocycles. The van der Waals surface area contributed by atoms with Gasteiger partial charge >= 0.3 is 0 Å². The molecule has 3 aromatic rings. The average Bonchev–Trinajstić information content (AvgIpc) is 3.23. The van der Waals surface area contributed by atoms with Crippen LogP contribution < -0.4 is 10.6 Å². The highest BCUT2D eigenvalue weighted by molar-refractivity contribution is 5.96. The van der Waals surface area contributed by atoms with E-state index in [1.807, 2.05) is 26.0 Å². The highest BCUT2D eigenvalue weighted by Crippen LogP contribution is 2.28. The maximum absolute atomic E-state index is 12.7. The molecule has 0 saturated carbocycles. The van der Waals surface area contributed by atoms with E-state index in [1.54, 1.807) is 17.7 Å². The van der Waals surface area contributed by atoms with E-state index in [4.69, 9.17) is 4.74 Å². The maximum atomic E-state index is 12.7. The van der Waals surface area contributed by atoms with Crippen molar-refractivity contribution in [2.24, 2.45) is 0 Å². The summed E-state index contributed by atoms with van der Waals surface area (Å²) >= 11 is 0. The van der Waals surface area contributed by atoms with Crippen molar-refractivity contribution < 1.29 is 9.53 Å². The van der Waals surface area contributed by atoms with Gasteiger partial charge in [0.05, 0.1) is 41.1 Å². The van der Waals surface area contributed by atoms with E-state index in [-0.39, 0.29) is 5.91 Å². The summed E-state index contributed by atoms with van der Waals surface area (Å²) in [5, 5.41) is 17.3. The number of aryl methyl sites for hydroxylation is 1. The summed E-state index contributed by atoms with van der Waals surface area (Å²) in [6.07, 6.45) is 4.56. The molecular weight excluding hydrogens is 462 g/mol. The molecule has 7 heteroatoms. The molecule has 0 amide bonds. The Kier molecular flexibility index (Phi) is 8.28. The Morgan fingerprint density at radius 2 is 2.03 bits per heavy atom. The van der Waals surface area contributed by atoms with Crippen LogP contribution in [0, 0.1) is 23.2 Å². The van der Waals surface area contributed by atoms with E-state index in [0.717, 1.165) is 78.1 Å². The number of ether oxygens (including phenoxy) is 1. The van der Waals surface area contributed by atoms with Gasteiger partial charge in [-0.3, -0.25) is 14.3 Å². The third kappa shape index (κ3) is 6.02. The Labute approximate surface area is 219 Å². The van der Waals surface area contributed by atoms with Crippen LogP contribution in [-0.2, 0) is 23.1 Å². The number of hydrogen-bond acceptors (Lipinski definition) is 6. The molecule has 0 atom stereocenters. The van der Waals surface area contributed by atoms with Crippen LogP contribution in [0.15, 0.2) is 36.5 Å². The molecular formula is C30H35N5O2. The normalized spacial score (nSPS) is 14.1. The number of nitrogens with one attached hydrogen (secondary N) is 2. The molecule has 1 saturated heterocycles. The Hall–Kier alpha value is -3.65. The fourth-order valence-electron chi connectivity index (χ4n) is 4.69. The van der Waals surface area contributed by atoms with Gasteiger partial charge in [-0.15, -0.1) is 0 Å². The minimum Gasteiger partial charge on any atom is -0.381 e. The van der Waals surface area contributed by atoms with Crippen LogP contribution in [0.5, 0.6) is 0 Å². The van der Waals surface area contributed by atoms with Crippen LogP contribution in [0.1, 0.15) is 67.8 Å². The number of hydrogen-bond donors (Lipinski definition) is 2. The second kappa shape index (κ2) is 11.6. The van der Waals surface area contributed by atoms with Gasteiger partial charge in [0.25, 0.3) is 0 Å². The zero-order chi connectivity index (χ0) is 26.4. The fraction of sp³-hybridized carbons (Fsp3) is 0.433. The zero-order valence-electron chi connectivity index (χ0n) is 22.1. The number of pyridine rings is 1. The molecule has 1 aliphatic rings. The van der Waals surface area contributed by atoms with E-state index in [0.29, 0.717) is 12.6 Å². The van der Waals surface area contributed by atoms with E-state index < -0.39 is 5.41 Å². The van der Waals surface area contributed by atoms with E-state index in [1.165, 1.54) is 0 Å². The molecule has 37 heavy (non-hydrogen) atoms. The largest absolute Gasteiger partial charge is 0.381 e. The highest BCUT2D eigenvalue weighted by atomic mass is 16.5. The highest BCUT2D eigenvalue weighted by Gasteiger charge is 2.21. The fourth-order valence-corrected chi connectivity index (χ4v) is 4.69. The van der Waals surface area contributed by atoms with Crippen molar-refractivity contribution in [3.05, 3.63) is 59.0 Å². The number of nitriles is 1. The lowest BCUT2D eigenvalue weighted by molar-refractivity contribution is 0.0776. The molecule has 1 fully saturated rings. The summed E-state index contributed by atoms with van der Waals surface area (Å²) in [4.78, 5) is 17.1. The van der Waals surface area contributed by atoms with Crippen molar-refractivity contribution in [2.75, 3.05) is 25.1 Å². The van der Waals surface area contributed by atoms with E-state index in [2.05, 4.69) is 58.7 Å². The first-order valence-corrected chi connectivity index (χ1v) is 12.9. The summed E-state index contributed by atoms with van der Waals surface area (Å²) in [5.41, 5.74) is 4.84. The van der Waals surface area contributed by atoms with Crippen LogP contribution >= 0.6 is 0 Å². The number of rotatable bonds is 7. The van der Waals surface area contributed by atoms with Crippen LogP contribution in [-0.4, -0.2) is 41.3 Å². The van der Waals surface area contributed by atoms with Gasteiger partial charge in [-0.2, -0.15) is 5.26 Å². The van der Waals surface area contributed by atoms with Crippen LogP contribution in [0.3, 0.4) is 0 Å². The van der Waals surface area contributed by atoms with Crippen LogP contribution in [0.4, 0.5) is 5.69 Å². The Morgan fingerprint density at radius 1 is 1.24 bits per heavy atom. The molecule has 2 aromatic heterocycles. The number of aromatic nitrogens is 2. The first-order chi connectivity index (χ1) is 17.8. The lowest BCUT2D eigenvalue weighted by atomic mass is 9.91. The van der Waals surface area contributed by atoms with Gasteiger partial charge < -0.3 is 15.4 Å². The standard InChI is InChI=1S/C30H35N5O2/c1-5-25-26-10-8-22(18-33-23-12-15-37-16-13-23)17-28(26)35(21(2)36)27(25)7-6-14-32-24-9-11-29(34-19-24)30(3,4)20-31/h8-11,17,19,23,32-33H,5,12-16,18H2,1-4H3. The summed E-state index contributed by atoms with van der Waals surface area (Å²) in [5.74, 6) is 6.39. The van der Waals surface area contributed by atoms with Gasteiger partial charge in [-0.05, 0) is 68.4 Å². The zero-order valence-corrected chi connectivity index (χ0v) is 22.1. The van der Waals surface area contributed by atoms with Gasteiger partial charge in [0.2, 0.25) is 5.91 Å². The summed E-state index contributed by atoms with van der Waals surface area (Å²) in [6, 6.07) is 12.9. The molecule has 0 spiro atoms. The molecule has 192 valence electrons. The first-order valence-electron chi connectivity index (χ1n) is 12.9. The summed E-state index contributed by atoms with van der Waals surface area (Å²) < 4.78 is 7.20. The van der Waals surface area contributed by atoms with Gasteiger partial charge in [0, 0.05) is 38.1 Å². The number of fused-ring (bicyclic) bond motifs is 1. The molecule has 0 aliphatic carbocycles. The molecule has 0 radical (unpaired) electrons. The number of carbonyl (C=O) groups is 1. The Morgan fingerprint density at radius 3 is 2.68 bits per heavy atom. The topological polar surface area (TPSA) is 92.0 Å². The summed E-state index contributed by atoms with van der Waals surface area (Å²) in [6.45, 7) is 10.2. The number of benzene rings is 1. The molecule has 1 aliphatic heterocycles. The molecule has 0 bridgehead atoms. The number of anilines is 1. The monoisotopic (exact) mass is 497 g/mol. The third-order valence-corrected chi connectivity index (χ3v) is 6.89. The lowest BCUT2D eigenvalue weighted by Crippen LogP contribution is -2.34. The lowest BCUT2D eigenvalue weighted by Gasteiger charge is -2.23. The van der Waals surface area contributed by atoms with Crippen molar-refractivity contribution in [1.29, 1.82) is 5.26 Å². The minimum atomic E-state index is -0.629. The van der Waals surface area contributed by atoms with E-state index in [9.17, 15) is 10.1 Å². The second-order valence-corrected chi connectivity index (χ2v) is 9.98. The Bertz CT molecular complexity index is 1360. The quantitative estimate of drug-likeness (QED) is 0.456. The smallest absolute Gasteiger partial charge is 0.228 e. The van der Waals surface area contributed by atoms with Crippen molar-refractivity contribution in [3.63, 3.8) is 0 Å². The van der Waals surface area contributed by atoms with E-state index >= 15 is 0 Å². The van der Waals surface area contributed by atoms with Crippen molar-refractivity contribution in [1.82, 2.24) is 14.9 Å². The van der Waals surface area contributed by atoms with Crippen LogP contribution in [0.25, 0.3) is 10.9 Å². The Balaban J connectivity index is 1.53. The molecule has 4 rings (SSSR count). The summed E-state index contributed by atoms with van der Waals surface area (Å²) in [7, 11) is 0. The third-order valence-electron chi connectivity index (χ3n) is 6.89. The van der Waals surface area contributed by atoms with Gasteiger partial charge in [-0.1, -0.05) is 25.0 Å². The van der Waals surface area contributed by atoms with Crippen molar-refractivity contribution in [2.45, 2.75) is 65.0 Å². The maximum Gasteiger partial charge on any atom is 0.228 e. The van der Waals surface area contributed by atoms with Crippen molar-refractivity contribution >= 4 is 22.5 Å². The molecule has 1 aromatic carbocycles. The van der Waals surface area contributed by atoms with Gasteiger partial charge in [0.15, 0.2) is 0 Å². The molecule has 2 N–H and O–H groups in total. The molecule has 0 unspecified atom stereocenters. The van der Waals surface area contributed by atoms with Crippen molar-refractivity contribution in [3.8, 4) is 17.9 Å². The predicted molar refractivity (Wildman–Crippen MR) is 147 cm³/mol. The van der Waals surface area contributed by atoms with Gasteiger partial charge in [-0.25, -0.2) is 0 Å². The second-order valence-electron chi connectivity index (χ2n) is 9.98. The average molecular weight is 498 g/mol. The van der Waals surface area contributed by atoms with Crippen LogP contribution in [0.2, 0.25) is 0 Å². The first kappa shape index (κ1) is 26.4. The number of nitrogens with zero attached hydrogens (tertiary/aromatic N) is 3. The number of carbonyl (C=O) groups excluding carboxylic acids is 1. The predicted octanol–water partition coefficient (Wildman–Crippen LogP) is 4.79. The molecule has 7 nitrogen and oxygen atoms in total. The SMILES string of the molecule is CCc1c(C#CCNc2ccc(C(C)(C)C#N)nc2)n(C(C)=O)c2cc(CNC3CCOCC3)ccc12. The minimum absolute atomic E-state index is 0.0450.